The third-order valence-electron chi connectivity index (χ3n) is 3.82. The number of hydrogen-bond donors (Lipinski definition) is 1. The van der Waals surface area contributed by atoms with Gasteiger partial charge in [-0.2, -0.15) is 0 Å². The summed E-state index contributed by atoms with van der Waals surface area (Å²) in [6.07, 6.45) is 0.320. The van der Waals surface area contributed by atoms with E-state index in [0.717, 1.165) is 0 Å². The number of benzene rings is 2. The Kier molecular flexibility index (Phi) is 8.28. The van der Waals surface area contributed by atoms with Crippen molar-refractivity contribution in [3.63, 3.8) is 0 Å². The second-order valence-corrected chi connectivity index (χ2v) is 6.65. The zero-order chi connectivity index (χ0) is 19.4. The first kappa shape index (κ1) is 22.7. The number of halogens is 3. The van der Waals surface area contributed by atoms with Gasteiger partial charge in [0, 0.05) is 33.3 Å². The summed E-state index contributed by atoms with van der Waals surface area (Å²) in [5.74, 6) is -1.04. The van der Waals surface area contributed by atoms with Gasteiger partial charge >= 0.3 is 35.5 Å². The molecule has 0 saturated carbocycles. The summed E-state index contributed by atoms with van der Waals surface area (Å²) >= 11 is 11.8. The van der Waals surface area contributed by atoms with Crippen LogP contribution in [0.25, 0.3) is 0 Å². The molecule has 0 spiro atoms. The maximum absolute atomic E-state index is 13.9. The van der Waals surface area contributed by atoms with Gasteiger partial charge in [0.05, 0.1) is 0 Å². The van der Waals surface area contributed by atoms with E-state index in [1.165, 1.54) is 12.1 Å². The second kappa shape index (κ2) is 10.2. The molecule has 8 heteroatoms. The van der Waals surface area contributed by atoms with E-state index in [2.05, 4.69) is 4.98 Å². The smallest absolute Gasteiger partial charge is 1.00 e. The predicted octanol–water partition coefficient (Wildman–Crippen LogP) is 2.51. The van der Waals surface area contributed by atoms with Gasteiger partial charge in [0.15, 0.2) is 0 Å². The predicted molar refractivity (Wildman–Crippen MR) is 102 cm³/mol. The van der Waals surface area contributed by atoms with Crippen molar-refractivity contribution in [2.45, 2.75) is 13.0 Å². The van der Waals surface area contributed by atoms with E-state index in [1.807, 2.05) is 0 Å². The fourth-order valence-electron chi connectivity index (χ4n) is 2.51. The van der Waals surface area contributed by atoms with Gasteiger partial charge in [0.1, 0.15) is 23.9 Å². The topological polar surface area (TPSA) is 59.4 Å². The molecule has 0 unspecified atom stereocenters. The van der Waals surface area contributed by atoms with Crippen LogP contribution in [-0.2, 0) is 13.0 Å². The number of carboxylic acids is 1. The van der Waals surface area contributed by atoms with Crippen LogP contribution in [0, 0.1) is 5.82 Å². The number of aromatic carboxylic acids is 1. The summed E-state index contributed by atoms with van der Waals surface area (Å²) in [4.78, 5) is 15.2. The second-order valence-electron chi connectivity index (χ2n) is 5.77. The number of ether oxygens (including phenoxy) is 1. The van der Waals surface area contributed by atoms with E-state index in [9.17, 15) is 9.18 Å². The average molecular weight is 430 g/mol. The Labute approximate surface area is 195 Å². The van der Waals surface area contributed by atoms with Crippen molar-refractivity contribution in [2.75, 3.05) is 0 Å². The first-order chi connectivity index (χ1) is 12.9. The van der Waals surface area contributed by atoms with Gasteiger partial charge in [-0.3, -0.25) is 0 Å². The SMILES string of the molecule is O=C(O)c1cccc(Cc2cc(Cl)ccc2OCc2ccc(Cl)cc2F)n1.[H-].[Na+]. The zero-order valence-electron chi connectivity index (χ0n) is 16.0. The van der Waals surface area contributed by atoms with Gasteiger partial charge in [-0.25, -0.2) is 14.2 Å². The molecule has 3 rings (SSSR count). The van der Waals surface area contributed by atoms with Crippen LogP contribution in [0.1, 0.15) is 28.7 Å². The quantitative estimate of drug-likeness (QED) is 0.611. The fraction of sp³-hybridized carbons (Fsp3) is 0.100. The van der Waals surface area contributed by atoms with Crippen LogP contribution in [0.4, 0.5) is 4.39 Å². The van der Waals surface area contributed by atoms with Gasteiger partial charge < -0.3 is 11.3 Å². The van der Waals surface area contributed by atoms with E-state index in [4.69, 9.17) is 33.0 Å². The Morgan fingerprint density at radius 2 is 1.79 bits per heavy atom. The molecule has 0 amide bonds. The number of rotatable bonds is 6. The minimum atomic E-state index is -1.10. The van der Waals surface area contributed by atoms with E-state index >= 15 is 0 Å². The average Bonchev–Trinajstić information content (AvgIpc) is 2.62. The van der Waals surface area contributed by atoms with Crippen LogP contribution in [0.2, 0.25) is 10.0 Å². The van der Waals surface area contributed by atoms with Crippen LogP contribution < -0.4 is 34.3 Å². The van der Waals surface area contributed by atoms with Crippen molar-refractivity contribution in [1.82, 2.24) is 4.98 Å². The van der Waals surface area contributed by atoms with Crippen LogP contribution in [-0.4, -0.2) is 16.1 Å². The van der Waals surface area contributed by atoms with E-state index in [1.54, 1.807) is 42.5 Å². The van der Waals surface area contributed by atoms with Crippen molar-refractivity contribution >= 4 is 29.2 Å². The molecule has 2 aromatic carbocycles. The van der Waals surface area contributed by atoms with Crippen molar-refractivity contribution in [3.8, 4) is 5.75 Å². The van der Waals surface area contributed by atoms with E-state index < -0.39 is 11.8 Å². The van der Waals surface area contributed by atoms with Crippen LogP contribution in [0.5, 0.6) is 5.75 Å². The van der Waals surface area contributed by atoms with Crippen molar-refractivity contribution in [1.29, 1.82) is 0 Å². The monoisotopic (exact) mass is 429 g/mol. The third-order valence-corrected chi connectivity index (χ3v) is 4.29. The van der Waals surface area contributed by atoms with Crippen LogP contribution >= 0.6 is 23.2 Å². The molecule has 0 bridgehead atoms. The third kappa shape index (κ3) is 5.93. The molecule has 28 heavy (non-hydrogen) atoms. The molecule has 0 radical (unpaired) electrons. The maximum atomic E-state index is 13.9. The summed E-state index contributed by atoms with van der Waals surface area (Å²) in [6.45, 7) is 0.0141. The molecule has 0 fully saturated rings. The zero-order valence-corrected chi connectivity index (χ0v) is 18.5. The fourth-order valence-corrected chi connectivity index (χ4v) is 2.87. The molecular weight excluding hydrogens is 415 g/mol. The van der Waals surface area contributed by atoms with Crippen LogP contribution in [0.15, 0.2) is 54.6 Å². The summed E-state index contributed by atoms with van der Waals surface area (Å²) < 4.78 is 19.7. The van der Waals surface area contributed by atoms with Crippen LogP contribution in [0.3, 0.4) is 0 Å². The maximum Gasteiger partial charge on any atom is 1.00 e. The van der Waals surface area contributed by atoms with Gasteiger partial charge in [-0.05, 0) is 42.5 Å². The normalized spacial score (nSPS) is 10.2. The molecule has 1 heterocycles. The van der Waals surface area contributed by atoms with Gasteiger partial charge in [-0.1, -0.05) is 35.3 Å². The summed E-state index contributed by atoms with van der Waals surface area (Å²) in [7, 11) is 0. The van der Waals surface area contributed by atoms with Crippen molar-refractivity contribution in [3.05, 3.63) is 93.0 Å². The molecule has 0 atom stereocenters. The largest absolute Gasteiger partial charge is 1.00 e. The first-order valence-corrected chi connectivity index (χ1v) is 8.72. The number of carbonyl (C=O) groups is 1. The molecule has 0 aliphatic carbocycles. The Morgan fingerprint density at radius 1 is 1.07 bits per heavy atom. The summed E-state index contributed by atoms with van der Waals surface area (Å²) in [6, 6.07) is 14.2. The summed E-state index contributed by atoms with van der Waals surface area (Å²) in [5, 5.41) is 9.89. The number of carboxylic acid groups (broad SMARTS) is 1. The molecule has 0 saturated heterocycles. The van der Waals surface area contributed by atoms with Crippen molar-refractivity contribution < 1.29 is 50.0 Å². The van der Waals surface area contributed by atoms with E-state index in [-0.39, 0.29) is 43.3 Å². The Hall–Kier alpha value is -1.63. The van der Waals surface area contributed by atoms with Gasteiger partial charge in [-0.15, -0.1) is 0 Å². The van der Waals surface area contributed by atoms with Gasteiger partial charge in [0.25, 0.3) is 0 Å². The number of aromatic nitrogens is 1. The van der Waals surface area contributed by atoms with E-state index in [0.29, 0.717) is 39.0 Å². The minimum absolute atomic E-state index is 0. The standard InChI is InChI=1S/C20H14Cl2FNO3.Na.H/c21-14-6-7-19(27-11-12-4-5-15(22)10-17(12)23)13(8-14)9-16-2-1-3-18(24-16)20(25)26;;/h1-8,10H,9,11H2,(H,25,26);;/q;+1;-1. The molecule has 0 aliphatic heterocycles. The molecular formula is C20H15Cl2FNNaO3. The number of nitrogens with zero attached hydrogens (tertiary/aromatic N) is 1. The molecule has 1 aromatic heterocycles. The molecule has 4 nitrogen and oxygen atoms in total. The number of hydrogen-bond acceptors (Lipinski definition) is 3. The Balaban J connectivity index is 0.00000210. The Bertz CT molecular complexity index is 1010. The van der Waals surface area contributed by atoms with Crippen molar-refractivity contribution in [2.24, 2.45) is 0 Å². The first-order valence-electron chi connectivity index (χ1n) is 7.97. The molecule has 3 aromatic rings. The van der Waals surface area contributed by atoms with Gasteiger partial charge in [0.2, 0.25) is 0 Å². The number of pyridine rings is 1. The Morgan fingerprint density at radius 3 is 2.50 bits per heavy atom. The minimum Gasteiger partial charge on any atom is -1.00 e. The molecule has 0 aliphatic rings. The summed E-state index contributed by atoms with van der Waals surface area (Å²) in [5.41, 5.74) is 1.60. The molecule has 140 valence electrons. The molecule has 1 N–H and O–H groups in total.